The number of rotatable bonds is 1. The van der Waals surface area contributed by atoms with Crippen molar-refractivity contribution in [1.82, 2.24) is 0 Å². The summed E-state index contributed by atoms with van der Waals surface area (Å²) >= 11 is 0. The maximum absolute atomic E-state index is 5.70. The van der Waals surface area contributed by atoms with Gasteiger partial charge in [-0.05, 0) is 27.7 Å². The topological polar surface area (TPSA) is 36.9 Å². The van der Waals surface area contributed by atoms with Crippen molar-refractivity contribution in [2.45, 2.75) is 51.5 Å². The van der Waals surface area contributed by atoms with Gasteiger partial charge in [-0.1, -0.05) is 0 Å². The third-order valence-corrected chi connectivity index (χ3v) is 2.48. The lowest BCUT2D eigenvalue weighted by molar-refractivity contribution is -0.174. The second-order valence-electron chi connectivity index (χ2n) is 4.73. The van der Waals surface area contributed by atoms with Crippen LogP contribution in [0.25, 0.3) is 0 Å². The summed E-state index contributed by atoms with van der Waals surface area (Å²) in [6.07, 6.45) is -0.0152. The van der Waals surface area contributed by atoms with E-state index >= 15 is 0 Å². The van der Waals surface area contributed by atoms with Gasteiger partial charge in [-0.2, -0.15) is 0 Å². The zero-order chi connectivity index (χ0) is 10.4. The van der Waals surface area contributed by atoms with E-state index < -0.39 is 11.6 Å². The highest BCUT2D eigenvalue weighted by Crippen LogP contribution is 2.31. The van der Waals surface area contributed by atoms with Crippen molar-refractivity contribution < 1.29 is 18.9 Å². The largest absolute Gasteiger partial charge is 0.348 e. The summed E-state index contributed by atoms with van der Waals surface area (Å²) in [5, 5.41) is 0. The predicted octanol–water partition coefficient (Wildman–Crippen LogP) is 1.29. The summed E-state index contributed by atoms with van der Waals surface area (Å²) in [5.74, 6) is -0.971. The maximum atomic E-state index is 5.70. The van der Waals surface area contributed by atoms with Gasteiger partial charge in [0.2, 0.25) is 0 Å². The summed E-state index contributed by atoms with van der Waals surface area (Å²) < 4.78 is 22.3. The summed E-state index contributed by atoms with van der Waals surface area (Å²) in [6.45, 7) is 8.80. The minimum atomic E-state index is -0.485. The first-order valence-electron chi connectivity index (χ1n) is 5.02. The molecule has 4 heteroatoms. The van der Waals surface area contributed by atoms with Crippen LogP contribution in [0.5, 0.6) is 0 Å². The molecule has 0 unspecified atom stereocenters. The van der Waals surface area contributed by atoms with Gasteiger partial charge >= 0.3 is 0 Å². The molecule has 0 bridgehead atoms. The van der Waals surface area contributed by atoms with E-state index in [1.165, 1.54) is 0 Å². The van der Waals surface area contributed by atoms with E-state index in [1.54, 1.807) is 0 Å². The fourth-order valence-corrected chi connectivity index (χ4v) is 1.80. The van der Waals surface area contributed by atoms with Crippen molar-refractivity contribution >= 4 is 0 Å². The van der Waals surface area contributed by atoms with Gasteiger partial charge in [-0.15, -0.1) is 0 Å². The van der Waals surface area contributed by atoms with E-state index in [1.807, 2.05) is 27.7 Å². The van der Waals surface area contributed by atoms with Crippen LogP contribution in [0.4, 0.5) is 0 Å². The standard InChI is InChI=1S/C10H18O4/c1-9(2)11-5-7(13-9)8-6-12-10(3,4)14-8/h7-8H,5-6H2,1-4H3/t7-,8+. The molecule has 0 N–H and O–H groups in total. The molecule has 2 atom stereocenters. The van der Waals surface area contributed by atoms with Crippen LogP contribution in [0.15, 0.2) is 0 Å². The Bertz CT molecular complexity index is 200. The Balaban J connectivity index is 1.93. The molecule has 0 aromatic heterocycles. The third kappa shape index (κ3) is 2.08. The molecular weight excluding hydrogens is 184 g/mol. The Labute approximate surface area is 84.5 Å². The second-order valence-corrected chi connectivity index (χ2v) is 4.73. The third-order valence-electron chi connectivity index (χ3n) is 2.48. The zero-order valence-corrected chi connectivity index (χ0v) is 9.20. The van der Waals surface area contributed by atoms with Gasteiger partial charge < -0.3 is 18.9 Å². The van der Waals surface area contributed by atoms with Gasteiger partial charge in [-0.3, -0.25) is 0 Å². The van der Waals surface area contributed by atoms with Crippen LogP contribution in [0.2, 0.25) is 0 Å². The molecule has 2 aliphatic rings. The average Bonchev–Trinajstić information content (AvgIpc) is 2.54. The van der Waals surface area contributed by atoms with Crippen LogP contribution < -0.4 is 0 Å². The zero-order valence-electron chi connectivity index (χ0n) is 9.20. The predicted molar refractivity (Wildman–Crippen MR) is 49.8 cm³/mol. The molecule has 0 amide bonds. The highest BCUT2D eigenvalue weighted by atomic mass is 16.8. The first-order valence-corrected chi connectivity index (χ1v) is 5.02. The first-order chi connectivity index (χ1) is 6.38. The molecule has 14 heavy (non-hydrogen) atoms. The van der Waals surface area contributed by atoms with Crippen molar-refractivity contribution in [3.63, 3.8) is 0 Å². The Morgan fingerprint density at radius 1 is 0.786 bits per heavy atom. The second kappa shape index (κ2) is 3.17. The van der Waals surface area contributed by atoms with Crippen LogP contribution in [0.1, 0.15) is 27.7 Å². The summed E-state index contributed by atoms with van der Waals surface area (Å²) in [7, 11) is 0. The molecule has 4 nitrogen and oxygen atoms in total. The Hall–Kier alpha value is -0.160. The van der Waals surface area contributed by atoms with Crippen LogP contribution >= 0.6 is 0 Å². The van der Waals surface area contributed by atoms with Crippen molar-refractivity contribution in [1.29, 1.82) is 0 Å². The molecular formula is C10H18O4. The Morgan fingerprint density at radius 2 is 1.14 bits per heavy atom. The van der Waals surface area contributed by atoms with Crippen LogP contribution in [-0.2, 0) is 18.9 Å². The molecule has 82 valence electrons. The lowest BCUT2D eigenvalue weighted by Gasteiger charge is -2.21. The molecule has 0 aliphatic carbocycles. The molecule has 2 heterocycles. The summed E-state index contributed by atoms with van der Waals surface area (Å²) in [6, 6.07) is 0. The lowest BCUT2D eigenvalue weighted by atomic mass is 10.2. The summed E-state index contributed by atoms with van der Waals surface area (Å²) in [4.78, 5) is 0. The average molecular weight is 202 g/mol. The fourth-order valence-electron chi connectivity index (χ4n) is 1.80. The van der Waals surface area contributed by atoms with Crippen molar-refractivity contribution in [2.75, 3.05) is 13.2 Å². The lowest BCUT2D eigenvalue weighted by Crippen LogP contribution is -2.34. The van der Waals surface area contributed by atoms with E-state index in [2.05, 4.69) is 0 Å². The highest BCUT2D eigenvalue weighted by molar-refractivity contribution is 4.83. The molecule has 0 spiro atoms. The Morgan fingerprint density at radius 3 is 1.36 bits per heavy atom. The summed E-state index contributed by atoms with van der Waals surface area (Å²) in [5.41, 5.74) is 0. The molecule has 2 rings (SSSR count). The minimum absolute atomic E-state index is 0.00762. The molecule has 0 aromatic rings. The van der Waals surface area contributed by atoms with E-state index in [0.29, 0.717) is 13.2 Å². The smallest absolute Gasteiger partial charge is 0.163 e. The highest BCUT2D eigenvalue weighted by Gasteiger charge is 2.44. The van der Waals surface area contributed by atoms with Gasteiger partial charge in [0, 0.05) is 0 Å². The number of ether oxygens (including phenoxy) is 4. The molecule has 0 radical (unpaired) electrons. The molecule has 2 saturated heterocycles. The van der Waals surface area contributed by atoms with E-state index in [4.69, 9.17) is 18.9 Å². The quantitative estimate of drug-likeness (QED) is 0.642. The van der Waals surface area contributed by atoms with E-state index in [0.717, 1.165) is 0 Å². The Kier molecular flexibility index (Phi) is 2.34. The normalized spacial score (nSPS) is 40.3. The number of hydrogen-bond acceptors (Lipinski definition) is 4. The van der Waals surface area contributed by atoms with Crippen LogP contribution in [0, 0.1) is 0 Å². The van der Waals surface area contributed by atoms with Crippen molar-refractivity contribution in [3.05, 3.63) is 0 Å². The number of hydrogen-bond donors (Lipinski definition) is 0. The molecule has 2 fully saturated rings. The van der Waals surface area contributed by atoms with E-state index in [-0.39, 0.29) is 12.2 Å². The van der Waals surface area contributed by atoms with Gasteiger partial charge in [0.25, 0.3) is 0 Å². The minimum Gasteiger partial charge on any atom is -0.348 e. The fraction of sp³-hybridized carbons (Fsp3) is 1.00. The van der Waals surface area contributed by atoms with Crippen LogP contribution in [-0.4, -0.2) is 37.0 Å². The van der Waals surface area contributed by atoms with Gasteiger partial charge in [0.15, 0.2) is 11.6 Å². The SMILES string of the molecule is CC1(C)OC[C@@H]([C@H]2COC(C)(C)O2)O1. The maximum Gasteiger partial charge on any atom is 0.163 e. The molecule has 2 aliphatic heterocycles. The van der Waals surface area contributed by atoms with Crippen molar-refractivity contribution in [3.8, 4) is 0 Å². The van der Waals surface area contributed by atoms with Gasteiger partial charge in [0.05, 0.1) is 13.2 Å². The van der Waals surface area contributed by atoms with Crippen LogP contribution in [0.3, 0.4) is 0 Å². The molecule has 0 saturated carbocycles. The monoisotopic (exact) mass is 202 g/mol. The van der Waals surface area contributed by atoms with E-state index in [9.17, 15) is 0 Å². The molecule has 0 aromatic carbocycles. The van der Waals surface area contributed by atoms with Gasteiger partial charge in [0.1, 0.15) is 12.2 Å². The van der Waals surface area contributed by atoms with Gasteiger partial charge in [-0.25, -0.2) is 0 Å². The van der Waals surface area contributed by atoms with Crippen molar-refractivity contribution in [2.24, 2.45) is 0 Å². The first kappa shape index (κ1) is 10.4.